The van der Waals surface area contributed by atoms with Crippen molar-refractivity contribution >= 4 is 0 Å². The van der Waals surface area contributed by atoms with Crippen molar-refractivity contribution < 1.29 is 9.13 Å². The molecule has 0 atom stereocenters. The third-order valence-corrected chi connectivity index (χ3v) is 3.37. The van der Waals surface area contributed by atoms with Gasteiger partial charge in [-0.1, -0.05) is 24.3 Å². The number of nitrogens with two attached hydrogens (primary N) is 1. The monoisotopic (exact) mass is 288 g/mol. The molecule has 0 unspecified atom stereocenters. The molecular weight excluding hydrogens is 267 g/mol. The maximum Gasteiger partial charge on any atom is 0.127 e. The van der Waals surface area contributed by atoms with Crippen LogP contribution in [0.3, 0.4) is 0 Å². The molecule has 2 rings (SSSR count). The molecule has 0 aliphatic rings. The Hall–Kier alpha value is -1.91. The van der Waals surface area contributed by atoms with Gasteiger partial charge in [-0.05, 0) is 36.4 Å². The maximum atomic E-state index is 13.8. The molecule has 0 radical (unpaired) electrons. The molecule has 0 aliphatic carbocycles. The van der Waals surface area contributed by atoms with Crippen molar-refractivity contribution in [3.8, 4) is 5.75 Å². The third-order valence-electron chi connectivity index (χ3n) is 3.37. The lowest BCUT2D eigenvalue weighted by Crippen LogP contribution is -2.18. The summed E-state index contributed by atoms with van der Waals surface area (Å²) in [7, 11) is 3.62. The fourth-order valence-corrected chi connectivity index (χ4v) is 2.31. The van der Waals surface area contributed by atoms with Crippen LogP contribution in [0.4, 0.5) is 4.39 Å². The summed E-state index contributed by atoms with van der Waals surface area (Å²) >= 11 is 0. The fraction of sp³-hybridized carbons (Fsp3) is 0.294. The molecule has 0 saturated heterocycles. The number of hydrogen-bond donors (Lipinski definition) is 1. The third kappa shape index (κ3) is 4.28. The molecule has 2 aromatic carbocycles. The van der Waals surface area contributed by atoms with Gasteiger partial charge in [0.1, 0.15) is 11.6 Å². The second-order valence-corrected chi connectivity index (χ2v) is 5.15. The lowest BCUT2D eigenvalue weighted by atomic mass is 10.1. The summed E-state index contributed by atoms with van der Waals surface area (Å²) < 4.78 is 19.0. The number of nitrogens with zero attached hydrogens (tertiary/aromatic N) is 1. The van der Waals surface area contributed by atoms with Gasteiger partial charge in [-0.2, -0.15) is 0 Å². The first-order valence-corrected chi connectivity index (χ1v) is 6.91. The first-order valence-electron chi connectivity index (χ1n) is 6.91. The second-order valence-electron chi connectivity index (χ2n) is 5.15. The van der Waals surface area contributed by atoms with Gasteiger partial charge in [-0.25, -0.2) is 4.39 Å². The SMILES string of the molecule is COc1cccc(CN(C)Cc2cc(CN)ccc2F)c1. The highest BCUT2D eigenvalue weighted by molar-refractivity contribution is 5.29. The average Bonchev–Trinajstić information content (AvgIpc) is 2.49. The van der Waals surface area contributed by atoms with E-state index in [4.69, 9.17) is 10.5 Å². The average molecular weight is 288 g/mol. The minimum Gasteiger partial charge on any atom is -0.497 e. The molecule has 0 aromatic heterocycles. The summed E-state index contributed by atoms with van der Waals surface area (Å²) in [5.41, 5.74) is 8.35. The number of benzene rings is 2. The second kappa shape index (κ2) is 7.20. The van der Waals surface area contributed by atoms with Crippen LogP contribution in [-0.2, 0) is 19.6 Å². The zero-order valence-electron chi connectivity index (χ0n) is 12.5. The van der Waals surface area contributed by atoms with Crippen LogP contribution in [-0.4, -0.2) is 19.1 Å². The lowest BCUT2D eigenvalue weighted by molar-refractivity contribution is 0.312. The molecular formula is C17H21FN2O. The molecule has 0 amide bonds. The van der Waals surface area contributed by atoms with E-state index in [0.29, 0.717) is 18.7 Å². The Kier molecular flexibility index (Phi) is 5.31. The number of halogens is 1. The first kappa shape index (κ1) is 15.5. The van der Waals surface area contributed by atoms with E-state index in [1.165, 1.54) is 6.07 Å². The normalized spacial score (nSPS) is 10.9. The highest BCUT2D eigenvalue weighted by atomic mass is 19.1. The fourth-order valence-electron chi connectivity index (χ4n) is 2.31. The summed E-state index contributed by atoms with van der Waals surface area (Å²) in [6.07, 6.45) is 0. The zero-order chi connectivity index (χ0) is 15.2. The Bertz CT molecular complexity index is 601. The first-order chi connectivity index (χ1) is 10.1. The summed E-state index contributed by atoms with van der Waals surface area (Å²) in [6, 6.07) is 12.9. The van der Waals surface area contributed by atoms with Crippen LogP contribution in [0.2, 0.25) is 0 Å². The molecule has 0 bridgehead atoms. The predicted octanol–water partition coefficient (Wildman–Crippen LogP) is 2.93. The highest BCUT2D eigenvalue weighted by Gasteiger charge is 2.08. The van der Waals surface area contributed by atoms with E-state index in [-0.39, 0.29) is 5.82 Å². The summed E-state index contributed by atoms with van der Waals surface area (Å²) in [5.74, 6) is 0.641. The number of methoxy groups -OCH3 is 1. The van der Waals surface area contributed by atoms with Gasteiger partial charge in [0.2, 0.25) is 0 Å². The molecule has 2 N–H and O–H groups in total. The van der Waals surface area contributed by atoms with Crippen molar-refractivity contribution in [1.29, 1.82) is 0 Å². The Morgan fingerprint density at radius 1 is 1.10 bits per heavy atom. The van der Waals surface area contributed by atoms with Crippen LogP contribution in [0.15, 0.2) is 42.5 Å². The number of ether oxygens (including phenoxy) is 1. The van der Waals surface area contributed by atoms with Crippen LogP contribution in [0.25, 0.3) is 0 Å². The number of hydrogen-bond acceptors (Lipinski definition) is 3. The van der Waals surface area contributed by atoms with E-state index < -0.39 is 0 Å². The zero-order valence-corrected chi connectivity index (χ0v) is 12.5. The molecule has 0 fully saturated rings. The molecule has 21 heavy (non-hydrogen) atoms. The molecule has 112 valence electrons. The minimum atomic E-state index is -0.190. The van der Waals surface area contributed by atoms with Crippen molar-refractivity contribution in [3.63, 3.8) is 0 Å². The van der Waals surface area contributed by atoms with E-state index in [1.807, 2.05) is 37.4 Å². The quantitative estimate of drug-likeness (QED) is 0.888. The summed E-state index contributed by atoms with van der Waals surface area (Å²) in [5, 5.41) is 0. The topological polar surface area (TPSA) is 38.5 Å². The Morgan fingerprint density at radius 3 is 2.62 bits per heavy atom. The number of rotatable bonds is 6. The van der Waals surface area contributed by atoms with Gasteiger partial charge in [-0.3, -0.25) is 4.90 Å². The van der Waals surface area contributed by atoms with Crippen molar-refractivity contribution in [2.75, 3.05) is 14.2 Å². The van der Waals surface area contributed by atoms with Gasteiger partial charge in [0.15, 0.2) is 0 Å². The van der Waals surface area contributed by atoms with E-state index in [2.05, 4.69) is 4.90 Å². The molecule has 3 nitrogen and oxygen atoms in total. The van der Waals surface area contributed by atoms with Crippen molar-refractivity contribution in [2.45, 2.75) is 19.6 Å². The van der Waals surface area contributed by atoms with E-state index >= 15 is 0 Å². The highest BCUT2D eigenvalue weighted by Crippen LogP contribution is 2.16. The smallest absolute Gasteiger partial charge is 0.127 e. The van der Waals surface area contributed by atoms with Crippen LogP contribution < -0.4 is 10.5 Å². The van der Waals surface area contributed by atoms with Gasteiger partial charge in [0.05, 0.1) is 7.11 Å². The van der Waals surface area contributed by atoms with E-state index in [9.17, 15) is 4.39 Å². The Morgan fingerprint density at radius 2 is 1.90 bits per heavy atom. The van der Waals surface area contributed by atoms with E-state index in [0.717, 1.165) is 23.4 Å². The minimum absolute atomic E-state index is 0.190. The largest absolute Gasteiger partial charge is 0.497 e. The van der Waals surface area contributed by atoms with Crippen molar-refractivity contribution in [3.05, 3.63) is 65.0 Å². The molecule has 4 heteroatoms. The molecule has 0 saturated carbocycles. The summed E-state index contributed by atoms with van der Waals surface area (Å²) in [6.45, 7) is 1.69. The Balaban J connectivity index is 2.05. The standard InChI is InChI=1S/C17H21FN2O/c1-20(11-14-4-3-5-16(9-14)21-2)12-15-8-13(10-19)6-7-17(15)18/h3-9H,10-12,19H2,1-2H3. The molecule has 2 aromatic rings. The van der Waals surface area contributed by atoms with Crippen LogP contribution in [0.5, 0.6) is 5.75 Å². The van der Waals surface area contributed by atoms with Crippen molar-refractivity contribution in [1.82, 2.24) is 4.90 Å². The van der Waals surface area contributed by atoms with Crippen LogP contribution in [0.1, 0.15) is 16.7 Å². The molecule has 0 aliphatic heterocycles. The Labute approximate surface area is 125 Å². The van der Waals surface area contributed by atoms with Gasteiger partial charge in [0.25, 0.3) is 0 Å². The van der Waals surface area contributed by atoms with Gasteiger partial charge in [0, 0.05) is 25.2 Å². The maximum absolute atomic E-state index is 13.8. The van der Waals surface area contributed by atoms with Gasteiger partial charge in [-0.15, -0.1) is 0 Å². The predicted molar refractivity (Wildman–Crippen MR) is 82.5 cm³/mol. The van der Waals surface area contributed by atoms with Gasteiger partial charge < -0.3 is 10.5 Å². The van der Waals surface area contributed by atoms with Gasteiger partial charge >= 0.3 is 0 Å². The van der Waals surface area contributed by atoms with E-state index in [1.54, 1.807) is 13.2 Å². The molecule has 0 spiro atoms. The van der Waals surface area contributed by atoms with Crippen LogP contribution in [0, 0.1) is 5.82 Å². The van der Waals surface area contributed by atoms with Crippen molar-refractivity contribution in [2.24, 2.45) is 5.73 Å². The molecule has 0 heterocycles. The summed E-state index contributed by atoms with van der Waals surface area (Å²) in [4.78, 5) is 2.06. The lowest BCUT2D eigenvalue weighted by Gasteiger charge is -2.18. The van der Waals surface area contributed by atoms with Crippen LogP contribution >= 0.6 is 0 Å².